The number of hydrogen-bond donors (Lipinski definition) is 0. The predicted molar refractivity (Wildman–Crippen MR) is 93.3 cm³/mol. The standard InChI is InChI=1S/C18H17ClF2N4O/c1-26-4-2-3-25-17-14(9-24-25)13(6-15(20)16(17)21)12-5-11(12)10-7-22-18(19)23-8-10/h6-9,11-12H,2-5H2,1H3. The lowest BCUT2D eigenvalue weighted by molar-refractivity contribution is 0.189. The molecule has 136 valence electrons. The molecule has 2 heterocycles. The second-order valence-corrected chi connectivity index (χ2v) is 6.81. The number of benzene rings is 1. The van der Waals surface area contributed by atoms with Crippen LogP contribution in [-0.2, 0) is 11.3 Å². The average molecular weight is 379 g/mol. The van der Waals surface area contributed by atoms with Crippen LogP contribution in [-0.4, -0.2) is 33.5 Å². The quantitative estimate of drug-likeness (QED) is 0.479. The number of aryl methyl sites for hydroxylation is 1. The van der Waals surface area contributed by atoms with Crippen molar-refractivity contribution in [1.29, 1.82) is 0 Å². The molecule has 1 aliphatic rings. The van der Waals surface area contributed by atoms with E-state index in [2.05, 4.69) is 15.1 Å². The van der Waals surface area contributed by atoms with Crippen LogP contribution in [0.3, 0.4) is 0 Å². The van der Waals surface area contributed by atoms with Crippen LogP contribution in [0.15, 0.2) is 24.7 Å². The Morgan fingerprint density at radius 1 is 1.23 bits per heavy atom. The molecule has 1 aliphatic carbocycles. The van der Waals surface area contributed by atoms with Crippen molar-refractivity contribution in [1.82, 2.24) is 19.7 Å². The first-order valence-corrected chi connectivity index (χ1v) is 8.77. The summed E-state index contributed by atoms with van der Waals surface area (Å²) in [6, 6.07) is 1.29. The van der Waals surface area contributed by atoms with E-state index in [9.17, 15) is 8.78 Å². The van der Waals surface area contributed by atoms with Crippen molar-refractivity contribution in [3.63, 3.8) is 0 Å². The molecule has 8 heteroatoms. The van der Waals surface area contributed by atoms with Crippen molar-refractivity contribution in [2.45, 2.75) is 31.2 Å². The van der Waals surface area contributed by atoms with Gasteiger partial charge in [0.2, 0.25) is 5.28 Å². The lowest BCUT2D eigenvalue weighted by Gasteiger charge is -2.08. The Kier molecular flexibility index (Phi) is 4.58. The molecule has 0 bridgehead atoms. The van der Waals surface area contributed by atoms with E-state index in [0.717, 1.165) is 17.5 Å². The number of aromatic nitrogens is 4. The highest BCUT2D eigenvalue weighted by molar-refractivity contribution is 6.28. The summed E-state index contributed by atoms with van der Waals surface area (Å²) in [4.78, 5) is 8.00. The Bertz CT molecular complexity index is 945. The molecule has 0 saturated heterocycles. The van der Waals surface area contributed by atoms with Crippen molar-refractivity contribution in [2.75, 3.05) is 13.7 Å². The first-order chi connectivity index (χ1) is 12.6. The number of fused-ring (bicyclic) bond motifs is 1. The van der Waals surface area contributed by atoms with Crippen LogP contribution in [0.4, 0.5) is 8.78 Å². The monoisotopic (exact) mass is 378 g/mol. The number of halogens is 3. The first kappa shape index (κ1) is 17.3. The molecular weight excluding hydrogens is 362 g/mol. The Balaban J connectivity index is 1.68. The van der Waals surface area contributed by atoms with Gasteiger partial charge in [-0.15, -0.1) is 0 Å². The number of hydrogen-bond acceptors (Lipinski definition) is 4. The summed E-state index contributed by atoms with van der Waals surface area (Å²) in [6.45, 7) is 1.00. The van der Waals surface area contributed by atoms with Crippen molar-refractivity contribution in [3.05, 3.63) is 52.7 Å². The van der Waals surface area contributed by atoms with Gasteiger partial charge in [0.1, 0.15) is 5.52 Å². The third kappa shape index (κ3) is 3.05. The van der Waals surface area contributed by atoms with Gasteiger partial charge in [0, 0.05) is 38.0 Å². The Hall–Kier alpha value is -2.12. The Labute approximate surface area is 154 Å². The zero-order chi connectivity index (χ0) is 18.3. The van der Waals surface area contributed by atoms with Gasteiger partial charge in [-0.1, -0.05) is 0 Å². The van der Waals surface area contributed by atoms with Crippen molar-refractivity contribution in [2.24, 2.45) is 0 Å². The van der Waals surface area contributed by atoms with Crippen LogP contribution < -0.4 is 0 Å². The summed E-state index contributed by atoms with van der Waals surface area (Å²) in [5.74, 6) is -1.43. The van der Waals surface area contributed by atoms with Crippen molar-refractivity contribution in [3.8, 4) is 0 Å². The van der Waals surface area contributed by atoms with Gasteiger partial charge in [0.25, 0.3) is 0 Å². The van der Waals surface area contributed by atoms with Gasteiger partial charge in [-0.2, -0.15) is 5.10 Å². The van der Waals surface area contributed by atoms with E-state index >= 15 is 0 Å². The van der Waals surface area contributed by atoms with Crippen LogP contribution in [0.5, 0.6) is 0 Å². The van der Waals surface area contributed by atoms with E-state index in [4.69, 9.17) is 16.3 Å². The molecule has 1 aromatic carbocycles. The number of methoxy groups -OCH3 is 1. The lowest BCUT2D eigenvalue weighted by atomic mass is 10.0. The molecule has 5 nitrogen and oxygen atoms in total. The van der Waals surface area contributed by atoms with Gasteiger partial charge < -0.3 is 4.74 Å². The summed E-state index contributed by atoms with van der Waals surface area (Å²) >= 11 is 5.73. The van der Waals surface area contributed by atoms with Gasteiger partial charge in [-0.25, -0.2) is 18.7 Å². The maximum Gasteiger partial charge on any atom is 0.222 e. The summed E-state index contributed by atoms with van der Waals surface area (Å²) in [5, 5.41) is 5.11. The smallest absolute Gasteiger partial charge is 0.222 e. The first-order valence-electron chi connectivity index (χ1n) is 8.40. The summed E-state index contributed by atoms with van der Waals surface area (Å²) in [5.41, 5.74) is 1.94. The lowest BCUT2D eigenvalue weighted by Crippen LogP contribution is -2.05. The minimum Gasteiger partial charge on any atom is -0.385 e. The summed E-state index contributed by atoms with van der Waals surface area (Å²) in [6.07, 6.45) is 6.50. The largest absolute Gasteiger partial charge is 0.385 e. The number of ether oxygens (including phenoxy) is 1. The third-order valence-electron chi connectivity index (χ3n) is 4.83. The SMILES string of the molecule is COCCCn1ncc2c(C3CC3c3cnc(Cl)nc3)cc(F)c(F)c21. The normalized spacial score (nSPS) is 19.2. The molecule has 0 N–H and O–H groups in total. The minimum atomic E-state index is -0.856. The molecule has 2 atom stereocenters. The highest BCUT2D eigenvalue weighted by Gasteiger charge is 2.41. The molecule has 0 aliphatic heterocycles. The Morgan fingerprint density at radius 3 is 2.73 bits per heavy atom. The molecule has 2 aromatic heterocycles. The van der Waals surface area contributed by atoms with Crippen LogP contribution in [0.25, 0.3) is 10.9 Å². The second kappa shape index (κ2) is 6.89. The second-order valence-electron chi connectivity index (χ2n) is 6.47. The van der Waals surface area contributed by atoms with Crippen LogP contribution in [0.2, 0.25) is 5.28 Å². The molecule has 0 amide bonds. The van der Waals surface area contributed by atoms with Crippen LogP contribution in [0, 0.1) is 11.6 Å². The highest BCUT2D eigenvalue weighted by atomic mass is 35.5. The Morgan fingerprint density at radius 2 is 2.00 bits per heavy atom. The van der Waals surface area contributed by atoms with Crippen molar-refractivity contribution < 1.29 is 13.5 Å². The topological polar surface area (TPSA) is 52.8 Å². The summed E-state index contributed by atoms with van der Waals surface area (Å²) < 4.78 is 35.2. The predicted octanol–water partition coefficient (Wildman–Crippen LogP) is 4.07. The number of rotatable bonds is 6. The van der Waals surface area contributed by atoms with E-state index < -0.39 is 11.6 Å². The van der Waals surface area contributed by atoms with Crippen LogP contribution in [0.1, 0.15) is 35.8 Å². The molecule has 4 rings (SSSR count). The molecular formula is C18H17ClF2N4O. The molecule has 1 saturated carbocycles. The maximum absolute atomic E-state index is 14.4. The fraction of sp³-hybridized carbons (Fsp3) is 0.389. The number of nitrogens with zero attached hydrogens (tertiary/aromatic N) is 4. The molecule has 0 radical (unpaired) electrons. The van der Waals surface area contributed by atoms with Gasteiger partial charge in [-0.05, 0) is 53.5 Å². The average Bonchev–Trinajstić information content (AvgIpc) is 3.31. The van der Waals surface area contributed by atoms with Crippen LogP contribution >= 0.6 is 11.6 Å². The van der Waals surface area contributed by atoms with E-state index in [-0.39, 0.29) is 22.6 Å². The van der Waals surface area contributed by atoms with E-state index in [1.54, 1.807) is 25.7 Å². The minimum absolute atomic E-state index is 0.0917. The van der Waals surface area contributed by atoms with E-state index in [1.165, 1.54) is 10.7 Å². The fourth-order valence-electron chi connectivity index (χ4n) is 3.47. The molecule has 1 fully saturated rings. The van der Waals surface area contributed by atoms with Gasteiger partial charge >= 0.3 is 0 Å². The highest BCUT2D eigenvalue weighted by Crippen LogP contribution is 2.56. The summed E-state index contributed by atoms with van der Waals surface area (Å²) in [7, 11) is 1.60. The third-order valence-corrected chi connectivity index (χ3v) is 5.02. The molecule has 3 aromatic rings. The molecule has 26 heavy (non-hydrogen) atoms. The maximum atomic E-state index is 14.4. The van der Waals surface area contributed by atoms with E-state index in [1.807, 2.05) is 0 Å². The van der Waals surface area contributed by atoms with Crippen molar-refractivity contribution >= 4 is 22.5 Å². The zero-order valence-corrected chi connectivity index (χ0v) is 14.9. The fourth-order valence-corrected chi connectivity index (χ4v) is 3.57. The zero-order valence-electron chi connectivity index (χ0n) is 14.1. The molecule has 0 spiro atoms. The van der Waals surface area contributed by atoms with Gasteiger partial charge in [0.15, 0.2) is 11.6 Å². The van der Waals surface area contributed by atoms with Gasteiger partial charge in [0.05, 0.1) is 6.20 Å². The van der Waals surface area contributed by atoms with Gasteiger partial charge in [-0.3, -0.25) is 4.68 Å². The molecule has 2 unspecified atom stereocenters. The van der Waals surface area contributed by atoms with E-state index in [0.29, 0.717) is 25.0 Å².